The van der Waals surface area contributed by atoms with E-state index in [1.807, 2.05) is 0 Å². The van der Waals surface area contributed by atoms with Crippen molar-refractivity contribution in [1.29, 1.82) is 0 Å². The van der Waals surface area contributed by atoms with Crippen LogP contribution >= 0.6 is 0 Å². The second-order valence-electron chi connectivity index (χ2n) is 4.78. The number of hydrogen-bond acceptors (Lipinski definition) is 3. The summed E-state index contributed by atoms with van der Waals surface area (Å²) in [4.78, 5) is 0. The summed E-state index contributed by atoms with van der Waals surface area (Å²) in [6.45, 7) is 10.3. The van der Waals surface area contributed by atoms with Gasteiger partial charge in [-0.05, 0) is 18.8 Å². The third kappa shape index (κ3) is 10.2. The van der Waals surface area contributed by atoms with E-state index >= 15 is 0 Å². The summed E-state index contributed by atoms with van der Waals surface area (Å²) >= 11 is 0. The molecule has 0 spiro atoms. The first-order chi connectivity index (χ1) is 7.06. The molecule has 0 amide bonds. The Balaban J connectivity index is 3.38. The molecule has 0 bridgehead atoms. The minimum absolute atomic E-state index is 0.170. The Kier molecular flexibility index (Phi) is 9.06. The fourth-order valence-electron chi connectivity index (χ4n) is 1.35. The summed E-state index contributed by atoms with van der Waals surface area (Å²) in [7, 11) is 0. The summed E-state index contributed by atoms with van der Waals surface area (Å²) in [5.41, 5.74) is 0. The van der Waals surface area contributed by atoms with E-state index in [0.717, 1.165) is 26.1 Å². The lowest BCUT2D eigenvalue weighted by Crippen LogP contribution is -2.38. The van der Waals surface area contributed by atoms with E-state index < -0.39 is 0 Å². The number of rotatable bonds is 9. The molecule has 3 nitrogen and oxygen atoms in total. The third-order valence-corrected chi connectivity index (χ3v) is 2.24. The summed E-state index contributed by atoms with van der Waals surface area (Å²) in [6.07, 6.45) is 1.99. The van der Waals surface area contributed by atoms with E-state index in [0.29, 0.717) is 12.0 Å². The van der Waals surface area contributed by atoms with Crippen LogP contribution in [-0.4, -0.2) is 37.0 Å². The van der Waals surface area contributed by atoms with Gasteiger partial charge in [0.15, 0.2) is 0 Å². The molecule has 0 aromatic carbocycles. The van der Waals surface area contributed by atoms with Crippen molar-refractivity contribution < 1.29 is 9.84 Å². The molecule has 0 heterocycles. The number of ether oxygens (including phenoxy) is 1. The highest BCUT2D eigenvalue weighted by atomic mass is 16.5. The van der Waals surface area contributed by atoms with E-state index in [1.54, 1.807) is 0 Å². The van der Waals surface area contributed by atoms with Crippen molar-refractivity contribution in [3.05, 3.63) is 0 Å². The van der Waals surface area contributed by atoms with Crippen LogP contribution in [0, 0.1) is 5.92 Å². The Hall–Kier alpha value is -0.120. The summed E-state index contributed by atoms with van der Waals surface area (Å²) < 4.78 is 5.51. The predicted octanol–water partition coefficient (Wildman–Crippen LogP) is 1.80. The van der Waals surface area contributed by atoms with Crippen molar-refractivity contribution in [2.45, 2.75) is 52.6 Å². The van der Waals surface area contributed by atoms with Crippen molar-refractivity contribution in [3.63, 3.8) is 0 Å². The largest absolute Gasteiger partial charge is 0.395 e. The van der Waals surface area contributed by atoms with Gasteiger partial charge in [-0.25, -0.2) is 0 Å². The normalized spacial score (nSPS) is 13.8. The first kappa shape index (κ1) is 14.9. The highest BCUT2D eigenvalue weighted by molar-refractivity contribution is 4.67. The van der Waals surface area contributed by atoms with Crippen LogP contribution in [0.25, 0.3) is 0 Å². The van der Waals surface area contributed by atoms with Crippen LogP contribution in [0.3, 0.4) is 0 Å². The van der Waals surface area contributed by atoms with Gasteiger partial charge in [0.05, 0.1) is 6.61 Å². The van der Waals surface area contributed by atoms with E-state index in [2.05, 4.69) is 33.0 Å². The number of aliphatic hydroxyl groups is 1. The fraction of sp³-hybridized carbons (Fsp3) is 1.00. The van der Waals surface area contributed by atoms with Gasteiger partial charge in [0, 0.05) is 25.3 Å². The van der Waals surface area contributed by atoms with Gasteiger partial charge in [0.2, 0.25) is 0 Å². The maximum atomic E-state index is 9.10. The van der Waals surface area contributed by atoms with Crippen LogP contribution in [0.2, 0.25) is 0 Å². The summed E-state index contributed by atoms with van der Waals surface area (Å²) in [5, 5.41) is 12.4. The monoisotopic (exact) mass is 217 g/mol. The zero-order valence-electron chi connectivity index (χ0n) is 10.6. The van der Waals surface area contributed by atoms with Gasteiger partial charge in [0.1, 0.15) is 0 Å². The second kappa shape index (κ2) is 9.13. The summed E-state index contributed by atoms with van der Waals surface area (Å²) in [6, 6.07) is 0.585. The van der Waals surface area contributed by atoms with Crippen LogP contribution in [0.4, 0.5) is 0 Å². The molecule has 92 valence electrons. The maximum Gasteiger partial charge on any atom is 0.0585 e. The van der Waals surface area contributed by atoms with Gasteiger partial charge < -0.3 is 15.2 Å². The van der Waals surface area contributed by atoms with Gasteiger partial charge in [-0.3, -0.25) is 0 Å². The van der Waals surface area contributed by atoms with Gasteiger partial charge >= 0.3 is 0 Å². The van der Waals surface area contributed by atoms with E-state index in [-0.39, 0.29) is 12.6 Å². The van der Waals surface area contributed by atoms with Crippen LogP contribution in [0.1, 0.15) is 40.5 Å². The van der Waals surface area contributed by atoms with Crippen molar-refractivity contribution in [2.75, 3.05) is 19.8 Å². The molecule has 0 fully saturated rings. The SMILES string of the molecule is CC(C)CCOCCC(CO)NC(C)C. The topological polar surface area (TPSA) is 41.5 Å². The highest BCUT2D eigenvalue weighted by Crippen LogP contribution is 2.00. The molecule has 0 radical (unpaired) electrons. The molecule has 0 aliphatic heterocycles. The number of aliphatic hydroxyl groups excluding tert-OH is 1. The molecule has 0 rings (SSSR count). The quantitative estimate of drug-likeness (QED) is 0.579. The number of hydrogen-bond donors (Lipinski definition) is 2. The second-order valence-corrected chi connectivity index (χ2v) is 4.78. The van der Waals surface area contributed by atoms with E-state index in [9.17, 15) is 0 Å². The Bertz CT molecular complexity index is 138. The third-order valence-electron chi connectivity index (χ3n) is 2.24. The van der Waals surface area contributed by atoms with E-state index in [1.165, 1.54) is 0 Å². The predicted molar refractivity (Wildman–Crippen MR) is 64.0 cm³/mol. The minimum atomic E-state index is 0.170. The van der Waals surface area contributed by atoms with Crippen molar-refractivity contribution in [1.82, 2.24) is 5.32 Å². The molecule has 0 aliphatic rings. The molecule has 0 saturated heterocycles. The highest BCUT2D eigenvalue weighted by Gasteiger charge is 2.07. The zero-order valence-corrected chi connectivity index (χ0v) is 10.6. The smallest absolute Gasteiger partial charge is 0.0585 e. The zero-order chi connectivity index (χ0) is 11.7. The maximum absolute atomic E-state index is 9.10. The molecule has 0 aromatic rings. The summed E-state index contributed by atoms with van der Waals surface area (Å²) in [5.74, 6) is 0.701. The molecule has 1 unspecified atom stereocenters. The average molecular weight is 217 g/mol. The van der Waals surface area contributed by atoms with Crippen LogP contribution < -0.4 is 5.32 Å². The lowest BCUT2D eigenvalue weighted by Gasteiger charge is -2.19. The number of nitrogens with one attached hydrogen (secondary N) is 1. The van der Waals surface area contributed by atoms with Crippen molar-refractivity contribution in [3.8, 4) is 0 Å². The molecule has 0 aromatic heterocycles. The molecule has 1 atom stereocenters. The van der Waals surface area contributed by atoms with Crippen LogP contribution in [-0.2, 0) is 4.74 Å². The Morgan fingerprint density at radius 2 is 1.67 bits per heavy atom. The van der Waals surface area contributed by atoms with Gasteiger partial charge in [-0.1, -0.05) is 27.7 Å². The Morgan fingerprint density at radius 3 is 2.13 bits per heavy atom. The van der Waals surface area contributed by atoms with Crippen LogP contribution in [0.5, 0.6) is 0 Å². The first-order valence-electron chi connectivity index (χ1n) is 6.01. The molecule has 0 saturated carbocycles. The first-order valence-corrected chi connectivity index (χ1v) is 6.01. The fourth-order valence-corrected chi connectivity index (χ4v) is 1.35. The van der Waals surface area contributed by atoms with Gasteiger partial charge in [-0.2, -0.15) is 0 Å². The Morgan fingerprint density at radius 1 is 1.07 bits per heavy atom. The standard InChI is InChI=1S/C12H27NO2/c1-10(2)5-7-15-8-6-12(9-14)13-11(3)4/h10-14H,5-9H2,1-4H3. The molecule has 2 N–H and O–H groups in total. The molecule has 0 aliphatic carbocycles. The van der Waals surface area contributed by atoms with Gasteiger partial charge in [-0.15, -0.1) is 0 Å². The van der Waals surface area contributed by atoms with E-state index in [4.69, 9.17) is 9.84 Å². The lowest BCUT2D eigenvalue weighted by molar-refractivity contribution is 0.104. The lowest BCUT2D eigenvalue weighted by atomic mass is 10.1. The minimum Gasteiger partial charge on any atom is -0.395 e. The van der Waals surface area contributed by atoms with Crippen molar-refractivity contribution >= 4 is 0 Å². The Labute approximate surface area is 94.2 Å². The van der Waals surface area contributed by atoms with Gasteiger partial charge in [0.25, 0.3) is 0 Å². The molecule has 3 heteroatoms. The molecule has 15 heavy (non-hydrogen) atoms. The van der Waals surface area contributed by atoms with Crippen LogP contribution in [0.15, 0.2) is 0 Å². The molecular formula is C12H27NO2. The average Bonchev–Trinajstić information content (AvgIpc) is 2.14. The van der Waals surface area contributed by atoms with Crippen molar-refractivity contribution in [2.24, 2.45) is 5.92 Å². The molecular weight excluding hydrogens is 190 g/mol.